The van der Waals surface area contributed by atoms with Crippen LogP contribution in [0.3, 0.4) is 0 Å². The molecule has 4 N–H and O–H groups in total. The number of anilines is 2. The summed E-state index contributed by atoms with van der Waals surface area (Å²) < 4.78 is 0. The number of benzene rings is 2. The minimum absolute atomic E-state index is 0.181. The van der Waals surface area contributed by atoms with Crippen molar-refractivity contribution in [3.05, 3.63) is 88.2 Å². The van der Waals surface area contributed by atoms with Crippen molar-refractivity contribution in [3.8, 4) is 6.07 Å². The van der Waals surface area contributed by atoms with E-state index < -0.39 is 0 Å². The molecule has 0 amide bonds. The third kappa shape index (κ3) is 3.83. The SMILES string of the molecule is Cc1cc(C(=N)c2cc(NC3CCCc4cc(C#N)ccc43)ccc2N)ccn1. The quantitative estimate of drug-likeness (QED) is 0.448. The summed E-state index contributed by atoms with van der Waals surface area (Å²) in [4.78, 5) is 4.21. The van der Waals surface area contributed by atoms with Crippen molar-refractivity contribution in [2.75, 3.05) is 11.1 Å². The van der Waals surface area contributed by atoms with Gasteiger partial charge in [0.15, 0.2) is 0 Å². The molecule has 0 saturated carbocycles. The lowest BCUT2D eigenvalue weighted by molar-refractivity contribution is 0.600. The van der Waals surface area contributed by atoms with Crippen molar-refractivity contribution in [1.82, 2.24) is 4.98 Å². The van der Waals surface area contributed by atoms with Gasteiger partial charge in [0.05, 0.1) is 23.4 Å². The number of nitriles is 1. The number of fused-ring (bicyclic) bond motifs is 1. The maximum Gasteiger partial charge on any atom is 0.0991 e. The number of hydrogen-bond acceptors (Lipinski definition) is 5. The monoisotopic (exact) mass is 381 g/mol. The highest BCUT2D eigenvalue weighted by Gasteiger charge is 2.21. The Hall–Kier alpha value is -3.65. The highest BCUT2D eigenvalue weighted by Crippen LogP contribution is 2.34. The first-order valence-corrected chi connectivity index (χ1v) is 9.76. The van der Waals surface area contributed by atoms with E-state index in [1.165, 1.54) is 11.1 Å². The van der Waals surface area contributed by atoms with Gasteiger partial charge in [0, 0.05) is 34.4 Å². The molecular formula is C24H23N5. The molecule has 1 unspecified atom stereocenters. The van der Waals surface area contributed by atoms with Crippen LogP contribution in [0.5, 0.6) is 0 Å². The second-order valence-electron chi connectivity index (χ2n) is 7.48. The zero-order valence-electron chi connectivity index (χ0n) is 16.4. The number of nitrogens with one attached hydrogen (secondary N) is 2. The Balaban J connectivity index is 1.62. The summed E-state index contributed by atoms with van der Waals surface area (Å²) in [7, 11) is 0. The van der Waals surface area contributed by atoms with E-state index in [0.29, 0.717) is 22.5 Å². The molecule has 4 rings (SSSR count). The van der Waals surface area contributed by atoms with E-state index in [0.717, 1.165) is 36.2 Å². The predicted molar refractivity (Wildman–Crippen MR) is 116 cm³/mol. The van der Waals surface area contributed by atoms with Gasteiger partial charge < -0.3 is 11.1 Å². The molecule has 0 saturated heterocycles. The minimum atomic E-state index is 0.181. The molecule has 5 heteroatoms. The van der Waals surface area contributed by atoms with Gasteiger partial charge in [0.1, 0.15) is 0 Å². The molecule has 0 spiro atoms. The average Bonchev–Trinajstić information content (AvgIpc) is 2.74. The smallest absolute Gasteiger partial charge is 0.0991 e. The van der Waals surface area contributed by atoms with E-state index in [-0.39, 0.29) is 6.04 Å². The van der Waals surface area contributed by atoms with Crippen molar-refractivity contribution in [2.24, 2.45) is 0 Å². The van der Waals surface area contributed by atoms with E-state index in [2.05, 4.69) is 22.4 Å². The molecule has 5 nitrogen and oxygen atoms in total. The summed E-state index contributed by atoms with van der Waals surface area (Å²) in [6.45, 7) is 1.91. The number of aryl methyl sites for hydroxylation is 2. The number of pyridine rings is 1. The topological polar surface area (TPSA) is 98.6 Å². The lowest BCUT2D eigenvalue weighted by Crippen LogP contribution is -2.18. The van der Waals surface area contributed by atoms with Crippen LogP contribution in [0.25, 0.3) is 0 Å². The summed E-state index contributed by atoms with van der Waals surface area (Å²) in [6.07, 6.45) is 4.82. The van der Waals surface area contributed by atoms with Crippen LogP contribution in [0.2, 0.25) is 0 Å². The summed E-state index contributed by atoms with van der Waals surface area (Å²) in [6, 6.07) is 17.8. The van der Waals surface area contributed by atoms with Gasteiger partial charge in [-0.25, -0.2) is 0 Å². The van der Waals surface area contributed by atoms with Crippen molar-refractivity contribution >= 4 is 17.1 Å². The van der Waals surface area contributed by atoms with Crippen molar-refractivity contribution in [2.45, 2.75) is 32.2 Å². The molecular weight excluding hydrogens is 358 g/mol. The summed E-state index contributed by atoms with van der Waals surface area (Å²) in [5.41, 5.74) is 13.7. The number of nitrogens with two attached hydrogens (primary N) is 1. The van der Waals surface area contributed by atoms with E-state index in [1.807, 2.05) is 49.4 Å². The Morgan fingerprint density at radius 3 is 2.86 bits per heavy atom. The largest absolute Gasteiger partial charge is 0.398 e. The van der Waals surface area contributed by atoms with Crippen LogP contribution in [0.4, 0.5) is 11.4 Å². The van der Waals surface area contributed by atoms with Crippen LogP contribution < -0.4 is 11.1 Å². The molecule has 0 aliphatic heterocycles. The highest BCUT2D eigenvalue weighted by atomic mass is 14.9. The van der Waals surface area contributed by atoms with Crippen LogP contribution in [-0.4, -0.2) is 10.7 Å². The van der Waals surface area contributed by atoms with Crippen LogP contribution in [0, 0.1) is 23.7 Å². The summed E-state index contributed by atoms with van der Waals surface area (Å²) >= 11 is 0. The Morgan fingerprint density at radius 1 is 1.21 bits per heavy atom. The van der Waals surface area contributed by atoms with E-state index >= 15 is 0 Å². The van der Waals surface area contributed by atoms with E-state index in [1.54, 1.807) is 6.20 Å². The zero-order chi connectivity index (χ0) is 20.4. The van der Waals surface area contributed by atoms with Gasteiger partial charge in [-0.15, -0.1) is 0 Å². The van der Waals surface area contributed by atoms with Gasteiger partial charge in [-0.3, -0.25) is 10.4 Å². The third-order valence-electron chi connectivity index (χ3n) is 5.44. The normalized spacial score (nSPS) is 15.2. The lowest BCUT2D eigenvalue weighted by atomic mass is 9.86. The molecule has 1 atom stereocenters. The first kappa shape index (κ1) is 18.7. The van der Waals surface area contributed by atoms with Crippen molar-refractivity contribution in [3.63, 3.8) is 0 Å². The average molecular weight is 381 g/mol. The van der Waals surface area contributed by atoms with Crippen LogP contribution in [-0.2, 0) is 6.42 Å². The fourth-order valence-electron chi connectivity index (χ4n) is 3.95. The van der Waals surface area contributed by atoms with Gasteiger partial charge >= 0.3 is 0 Å². The second kappa shape index (κ2) is 7.76. The Labute approximate surface area is 170 Å². The van der Waals surface area contributed by atoms with Gasteiger partial charge in [0.25, 0.3) is 0 Å². The summed E-state index contributed by atoms with van der Waals surface area (Å²) in [5.74, 6) is 0. The highest BCUT2D eigenvalue weighted by molar-refractivity contribution is 6.14. The van der Waals surface area contributed by atoms with Gasteiger partial charge in [-0.05, 0) is 79.8 Å². The third-order valence-corrected chi connectivity index (χ3v) is 5.44. The molecule has 1 heterocycles. The molecule has 1 aliphatic rings. The van der Waals surface area contributed by atoms with Crippen molar-refractivity contribution in [1.29, 1.82) is 10.7 Å². The standard InChI is InChI=1S/C24H23N5/c1-15-11-18(9-10-28-15)24(27)21-13-19(6-8-22(21)26)29-23-4-2-3-17-12-16(14-25)5-7-20(17)23/h5-13,23,27,29H,2-4,26H2,1H3. The molecule has 1 aromatic heterocycles. The fraction of sp³-hybridized carbons (Fsp3) is 0.208. The zero-order valence-corrected chi connectivity index (χ0v) is 16.4. The minimum Gasteiger partial charge on any atom is -0.398 e. The van der Waals surface area contributed by atoms with Gasteiger partial charge in [0.2, 0.25) is 0 Å². The molecule has 2 aromatic carbocycles. The maximum absolute atomic E-state index is 9.16. The van der Waals surface area contributed by atoms with Crippen LogP contribution in [0.15, 0.2) is 54.7 Å². The number of rotatable bonds is 4. The molecule has 0 bridgehead atoms. The van der Waals surface area contributed by atoms with Crippen LogP contribution in [0.1, 0.15) is 52.4 Å². The number of nitrogen functional groups attached to an aromatic ring is 1. The number of nitrogens with zero attached hydrogens (tertiary/aromatic N) is 2. The van der Waals surface area contributed by atoms with E-state index in [9.17, 15) is 0 Å². The fourth-order valence-corrected chi connectivity index (χ4v) is 3.95. The molecule has 0 fully saturated rings. The number of aromatic nitrogens is 1. The number of hydrogen-bond donors (Lipinski definition) is 3. The molecule has 29 heavy (non-hydrogen) atoms. The molecule has 3 aromatic rings. The van der Waals surface area contributed by atoms with Crippen molar-refractivity contribution < 1.29 is 0 Å². The Morgan fingerprint density at radius 2 is 2.07 bits per heavy atom. The molecule has 0 radical (unpaired) electrons. The first-order valence-electron chi connectivity index (χ1n) is 9.76. The van der Waals surface area contributed by atoms with Gasteiger partial charge in [-0.2, -0.15) is 5.26 Å². The summed E-state index contributed by atoms with van der Waals surface area (Å²) in [5, 5.41) is 21.4. The lowest BCUT2D eigenvalue weighted by Gasteiger charge is -2.27. The van der Waals surface area contributed by atoms with E-state index in [4.69, 9.17) is 16.4 Å². The Kier molecular flexibility index (Phi) is 5.01. The predicted octanol–water partition coefficient (Wildman–Crippen LogP) is 4.75. The second-order valence-corrected chi connectivity index (χ2v) is 7.48. The molecule has 1 aliphatic carbocycles. The molecule has 144 valence electrons. The Bertz CT molecular complexity index is 1130. The van der Waals surface area contributed by atoms with Gasteiger partial charge in [-0.1, -0.05) is 6.07 Å². The first-order chi connectivity index (χ1) is 14.0. The maximum atomic E-state index is 9.16. The van der Waals surface area contributed by atoms with Crippen LogP contribution >= 0.6 is 0 Å².